The molecular weight excluding hydrogens is 2180 g/mol. The topological polar surface area (TPSA) is 488 Å². The van der Waals surface area contributed by atoms with Gasteiger partial charge in [0.25, 0.3) is 44.5 Å². The van der Waals surface area contributed by atoms with Crippen molar-refractivity contribution in [2.75, 3.05) is 0 Å². The van der Waals surface area contributed by atoms with Crippen molar-refractivity contribution in [1.82, 2.24) is 99.0 Å². The lowest BCUT2D eigenvalue weighted by Crippen LogP contribution is -2.43. The summed E-state index contributed by atoms with van der Waals surface area (Å²) in [5.74, 6) is 8.04. The van der Waals surface area contributed by atoms with Gasteiger partial charge in [-0.2, -0.15) is 23.8 Å². The van der Waals surface area contributed by atoms with Gasteiger partial charge < -0.3 is 28.4 Å². The summed E-state index contributed by atoms with van der Waals surface area (Å²) in [6, 6.07) is 35.8. The zero-order valence-electron chi connectivity index (χ0n) is 81.5. The Balaban J connectivity index is 0.000000198. The van der Waals surface area contributed by atoms with Crippen LogP contribution in [-0.2, 0) is 36.1 Å². The number of nitrogens with one attached hydrogen (secondary N) is 6. The van der Waals surface area contributed by atoms with Gasteiger partial charge in [0.05, 0.1) is 76.1 Å². The Kier molecular flexibility index (Phi) is 39.5. The molecule has 0 bridgehead atoms. The number of rotatable bonds is 24. The predicted octanol–water partition coefficient (Wildman–Crippen LogP) is 16.9. The minimum Gasteiger partial charge on any atom is -0.434 e. The molecule has 764 valence electrons. The average molecular weight is 2270 g/mol. The fourth-order valence-electron chi connectivity index (χ4n) is 12.1. The molecule has 14 aromatic rings. The van der Waals surface area contributed by atoms with E-state index in [9.17, 15) is 57.5 Å². The SMILES string of the molecule is C#C[Si](C)(C)C.C#Cc1nn(-c2cc(Cl)c(Oc3cc(C(C)C)c(=O)[nH]n3)c(Cl)c2)c(=O)[nH]c1=O.CC(C)c1cc(Oc2c(Cl)cc(-n3nc(Br)c(=O)n(COCc4ccccc4)c3=O)cc2Cl)n[nH]c1=O.CC(C)c1cc(Oc2c(Cl)cc(-n3nc(C#C[Si](C)(C)C)c(=O)[nH]c3=O)cc2Cl)n[nH]c1=O.CC(C)c1cc(Oc2c(Cl)cc(-n3nc(C#C[Si](C)(C)C)c(=O)n(COCc4ccccc4)c3=O)cc2Cl)n[nH]c1=O. The van der Waals surface area contributed by atoms with E-state index in [0.717, 1.165) is 39.0 Å². The maximum atomic E-state index is 13.5. The number of aromatic amines is 6. The Labute approximate surface area is 888 Å². The van der Waals surface area contributed by atoms with Crippen molar-refractivity contribution in [1.29, 1.82) is 0 Å². The lowest BCUT2D eigenvalue weighted by Gasteiger charge is -2.14. The van der Waals surface area contributed by atoms with Crippen LogP contribution in [0.5, 0.6) is 46.5 Å². The molecule has 0 saturated carbocycles. The third-order valence-corrected chi connectivity index (χ3v) is 24.9. The maximum Gasteiger partial charge on any atom is 0.354 e. The Morgan fingerprint density at radius 1 is 0.354 bits per heavy atom. The van der Waals surface area contributed by atoms with Crippen LogP contribution in [-0.4, -0.2) is 123 Å². The Bertz CT molecular complexity index is 8270. The van der Waals surface area contributed by atoms with Crippen molar-refractivity contribution in [3.63, 3.8) is 0 Å². The molecule has 8 aromatic heterocycles. The van der Waals surface area contributed by atoms with E-state index in [2.05, 4.69) is 141 Å². The number of nitrogens with zero attached hydrogens (tertiary/aromatic N) is 14. The summed E-state index contributed by atoms with van der Waals surface area (Å²) in [6.07, 6.45) is 10.3. The molecular formula is C97H93BrCl8N20O18Si3. The van der Waals surface area contributed by atoms with Gasteiger partial charge in [-0.3, -0.25) is 48.3 Å². The van der Waals surface area contributed by atoms with Crippen molar-refractivity contribution >= 4 is 133 Å². The molecule has 0 aliphatic heterocycles. The van der Waals surface area contributed by atoms with E-state index in [4.69, 9.17) is 134 Å². The summed E-state index contributed by atoms with van der Waals surface area (Å²) >= 11 is 54.3. The molecule has 0 amide bonds. The first kappa shape index (κ1) is 115. The fourth-order valence-corrected chi connectivity index (χ4v) is 15.7. The van der Waals surface area contributed by atoms with E-state index in [1.165, 1.54) is 72.8 Å². The molecule has 0 aliphatic carbocycles. The Hall–Kier alpha value is -13.9. The van der Waals surface area contributed by atoms with Gasteiger partial charge in [0.2, 0.25) is 23.5 Å². The molecule has 147 heavy (non-hydrogen) atoms. The molecule has 0 atom stereocenters. The van der Waals surface area contributed by atoms with Gasteiger partial charge in [-0.15, -0.1) is 65.2 Å². The van der Waals surface area contributed by atoms with E-state index in [0.29, 0.717) is 22.3 Å². The molecule has 0 spiro atoms. The Morgan fingerprint density at radius 2 is 0.619 bits per heavy atom. The molecule has 0 unspecified atom stereocenters. The van der Waals surface area contributed by atoms with Gasteiger partial charge >= 0.3 is 22.8 Å². The quantitative estimate of drug-likeness (QED) is 0.0242. The summed E-state index contributed by atoms with van der Waals surface area (Å²) in [4.78, 5) is 152. The minimum atomic E-state index is -1.89. The van der Waals surface area contributed by atoms with Crippen LogP contribution < -0.4 is 86.2 Å². The van der Waals surface area contributed by atoms with E-state index in [1.807, 2.05) is 155 Å². The second-order valence-electron chi connectivity index (χ2n) is 35.9. The molecule has 8 heterocycles. The molecule has 0 saturated heterocycles. The largest absolute Gasteiger partial charge is 0.434 e. The van der Waals surface area contributed by atoms with Gasteiger partial charge in [-0.05, 0) is 117 Å². The number of ether oxygens (including phenoxy) is 6. The summed E-state index contributed by atoms with van der Waals surface area (Å²) in [5, 5.41) is 41.5. The Morgan fingerprint density at radius 3 is 0.905 bits per heavy atom. The smallest absolute Gasteiger partial charge is 0.354 e. The normalized spacial score (nSPS) is 11.1. The summed E-state index contributed by atoms with van der Waals surface area (Å²) in [5.41, 5.74) is 5.59. The number of H-pyrrole nitrogens is 6. The third-order valence-electron chi connectivity index (χ3n) is 19.5. The number of aromatic nitrogens is 20. The first-order valence-electron chi connectivity index (χ1n) is 44.0. The molecule has 38 nitrogen and oxygen atoms in total. The lowest BCUT2D eigenvalue weighted by atomic mass is 10.1. The number of hydrogen-bond acceptors (Lipinski definition) is 26. The fraction of sp³-hybridized carbons (Fsp3) is 0.258. The average Bonchev–Trinajstić information content (AvgIpc) is 0.783. The zero-order valence-corrected chi connectivity index (χ0v) is 92.1. The van der Waals surface area contributed by atoms with Crippen LogP contribution in [0.2, 0.25) is 99.1 Å². The first-order valence-corrected chi connectivity index (χ1v) is 58.4. The number of benzene rings is 6. The van der Waals surface area contributed by atoms with E-state index in [1.54, 1.807) is 0 Å². The zero-order chi connectivity index (χ0) is 108. The highest BCUT2D eigenvalue weighted by molar-refractivity contribution is 9.10. The monoisotopic (exact) mass is 2270 g/mol. The van der Waals surface area contributed by atoms with Crippen LogP contribution in [0.1, 0.15) is 130 Å². The van der Waals surface area contributed by atoms with Crippen LogP contribution in [0.15, 0.2) is 196 Å². The van der Waals surface area contributed by atoms with Crippen molar-refractivity contribution in [2.24, 2.45) is 0 Å². The standard InChI is InChI=1S/C29H29Cl2N5O5Si.C24H20BrCl2N5O5.C21H21Cl2N5O4Si.C18H13Cl2N5O4.C5H10Si/c1-18(2)21-15-25(32-33-27(21)37)41-26-22(30)13-20(14-23(26)31)36-29(39)35(17-40-16-19-9-7-6-8-10-19)28(38)24(34-36)11-12-42(3,4)5;1-13(2)16-10-19(28-29-22(16)33)37-20-17(26)8-15(9-18(20)27)32-24(35)31(23(34)21(25)30-32)12-36-11-14-6-4-3-5-7-14;1-11(2)13-10-17(25-26-19(13)29)32-18-14(22)8-12(9-15(18)23)28-21(31)24-20(30)16(27-28)6-7-33(3,4)5;1-4-13-17(27)21-18(28)25(24-13)9-5-11(19)15(12(20)6-9)29-14-7-10(8(2)3)16(26)23-22-14;1-5-6(2,3)4/h6-10,13-15,18H,16-17H2,1-5H3,(H,33,37);3-10,13H,11-12H2,1-2H3,(H,29,33);8-11H,1-5H3,(H,26,29)(H,24,30,31);1,5-8H,2-3H3,(H,23,26)(H,21,27,28);1H,2-4H3. The van der Waals surface area contributed by atoms with Crippen LogP contribution in [0, 0.1) is 47.2 Å². The first-order chi connectivity index (χ1) is 69.1. The maximum absolute atomic E-state index is 13.5. The highest BCUT2D eigenvalue weighted by atomic mass is 79.9. The van der Waals surface area contributed by atoms with Gasteiger partial charge in [-0.1, -0.05) is 268 Å². The second-order valence-corrected chi connectivity index (χ2v) is 54.2. The van der Waals surface area contributed by atoms with Gasteiger partial charge in [0, 0.05) is 46.5 Å². The van der Waals surface area contributed by atoms with Crippen molar-refractivity contribution in [2.45, 2.75) is 165 Å². The van der Waals surface area contributed by atoms with Gasteiger partial charge in [-0.25, -0.2) is 48.7 Å². The van der Waals surface area contributed by atoms with Crippen molar-refractivity contribution in [3.8, 4) is 117 Å². The van der Waals surface area contributed by atoms with Gasteiger partial charge in [0.1, 0.15) is 37.7 Å². The summed E-state index contributed by atoms with van der Waals surface area (Å²) in [7, 11) is -4.77. The van der Waals surface area contributed by atoms with Crippen molar-refractivity contribution in [3.05, 3.63) is 353 Å². The highest BCUT2D eigenvalue weighted by Gasteiger charge is 2.26. The van der Waals surface area contributed by atoms with Gasteiger partial charge in [0.15, 0.2) is 44.7 Å². The van der Waals surface area contributed by atoms with Crippen LogP contribution in [0.25, 0.3) is 22.7 Å². The number of hydrogen-bond donors (Lipinski definition) is 6. The number of halogens is 9. The van der Waals surface area contributed by atoms with Crippen LogP contribution >= 0.6 is 109 Å². The van der Waals surface area contributed by atoms with Crippen LogP contribution in [0.4, 0.5) is 0 Å². The van der Waals surface area contributed by atoms with E-state index in [-0.39, 0.29) is 204 Å². The molecule has 50 heteroatoms. The second kappa shape index (κ2) is 50.5. The molecule has 0 aliphatic rings. The molecule has 0 fully saturated rings. The summed E-state index contributed by atoms with van der Waals surface area (Å²) in [6.45, 7) is 33.2. The molecule has 0 radical (unpaired) electrons. The summed E-state index contributed by atoms with van der Waals surface area (Å²) < 4.78 is 39.6. The minimum absolute atomic E-state index is 0.0359. The predicted molar refractivity (Wildman–Crippen MR) is 576 cm³/mol. The molecule has 6 aromatic carbocycles. The highest BCUT2D eigenvalue weighted by Crippen LogP contribution is 2.42. The van der Waals surface area contributed by atoms with E-state index < -0.39 is 69.2 Å². The third kappa shape index (κ3) is 31.3. The molecule has 6 N–H and O–H groups in total. The lowest BCUT2D eigenvalue weighted by molar-refractivity contribution is 0.0575. The van der Waals surface area contributed by atoms with E-state index >= 15 is 0 Å². The number of terminal acetylenes is 2. The van der Waals surface area contributed by atoms with Crippen molar-refractivity contribution < 1.29 is 28.4 Å². The molecule has 14 rings (SSSR count). The van der Waals surface area contributed by atoms with Crippen LogP contribution in [0.3, 0.4) is 0 Å².